The predicted molar refractivity (Wildman–Crippen MR) is 96.8 cm³/mol. The number of hydrogen-bond acceptors (Lipinski definition) is 4. The van der Waals surface area contributed by atoms with Crippen LogP contribution in [0.4, 0.5) is 8.78 Å². The van der Waals surface area contributed by atoms with Gasteiger partial charge in [-0.05, 0) is 48.5 Å². The topological polar surface area (TPSA) is 78.4 Å². The molecule has 0 atom stereocenters. The van der Waals surface area contributed by atoms with Crippen LogP contribution in [0.25, 0.3) is 16.9 Å². The molecule has 0 spiro atoms. The molecule has 2 aromatic carbocycles. The number of halogens is 2. The smallest absolute Gasteiger partial charge is 0.198 e. The minimum atomic E-state index is -0.663. The molecule has 0 aliphatic rings. The van der Waals surface area contributed by atoms with Crippen LogP contribution in [-0.2, 0) is 0 Å². The van der Waals surface area contributed by atoms with Crippen molar-refractivity contribution in [2.24, 2.45) is 0 Å². The molecule has 0 amide bonds. The van der Waals surface area contributed by atoms with Crippen LogP contribution in [0.2, 0.25) is 0 Å². The third-order valence-corrected chi connectivity index (χ3v) is 4.28. The van der Waals surface area contributed by atoms with Gasteiger partial charge in [-0.15, -0.1) is 0 Å². The molecule has 0 fully saturated rings. The Balaban J connectivity index is 1.85. The van der Waals surface area contributed by atoms with Crippen LogP contribution < -0.4 is 0 Å². The lowest BCUT2D eigenvalue weighted by Gasteiger charge is -2.06. The van der Waals surface area contributed by atoms with E-state index in [9.17, 15) is 23.9 Å². The number of hydrogen-bond donors (Lipinski definition) is 1. The van der Waals surface area contributed by atoms with Gasteiger partial charge in [-0.1, -0.05) is 0 Å². The molecule has 0 radical (unpaired) electrons. The summed E-state index contributed by atoms with van der Waals surface area (Å²) in [5.74, 6) is -2.04. The summed E-state index contributed by atoms with van der Waals surface area (Å²) in [5.41, 5.74) is 1.48. The minimum Gasteiger partial charge on any atom is -0.507 e. The second-order valence-electron chi connectivity index (χ2n) is 6.11. The van der Waals surface area contributed by atoms with E-state index < -0.39 is 11.6 Å². The summed E-state index contributed by atoms with van der Waals surface area (Å²) in [5, 5.41) is 19.3. The zero-order valence-corrected chi connectivity index (χ0v) is 14.2. The van der Waals surface area contributed by atoms with Gasteiger partial charge in [0.2, 0.25) is 0 Å². The van der Waals surface area contributed by atoms with E-state index in [0.717, 1.165) is 18.2 Å². The number of nitriles is 1. The fourth-order valence-electron chi connectivity index (χ4n) is 2.91. The zero-order valence-electron chi connectivity index (χ0n) is 14.2. The average Bonchev–Trinajstić information content (AvgIpc) is 3.13. The molecule has 136 valence electrons. The first-order chi connectivity index (χ1) is 13.5. The predicted octanol–water partition coefficient (Wildman–Crippen LogP) is 4.09. The number of carbonyl (C=O) groups is 1. The summed E-state index contributed by atoms with van der Waals surface area (Å²) >= 11 is 0. The number of benzene rings is 2. The Morgan fingerprint density at radius 3 is 2.46 bits per heavy atom. The highest BCUT2D eigenvalue weighted by molar-refractivity contribution is 6.10. The first-order valence-electron chi connectivity index (χ1n) is 8.18. The lowest BCUT2D eigenvalue weighted by Crippen LogP contribution is -2.05. The van der Waals surface area contributed by atoms with Crippen molar-refractivity contribution in [3.8, 4) is 23.1 Å². The Kier molecular flexibility index (Phi) is 4.09. The fraction of sp³-hybridized carbons (Fsp3) is 0. The van der Waals surface area contributed by atoms with E-state index in [-0.39, 0.29) is 28.3 Å². The van der Waals surface area contributed by atoms with Crippen LogP contribution in [-0.4, -0.2) is 20.3 Å². The summed E-state index contributed by atoms with van der Waals surface area (Å²) in [7, 11) is 0. The molecule has 2 heterocycles. The first-order valence-corrected chi connectivity index (χ1v) is 8.18. The van der Waals surface area contributed by atoms with E-state index in [1.165, 1.54) is 28.8 Å². The van der Waals surface area contributed by atoms with Gasteiger partial charge in [-0.3, -0.25) is 4.79 Å². The van der Waals surface area contributed by atoms with Crippen LogP contribution in [0.5, 0.6) is 5.75 Å². The summed E-state index contributed by atoms with van der Waals surface area (Å²) in [6, 6.07) is 12.1. The number of nitrogens with zero attached hydrogens (tertiary/aromatic N) is 3. The maximum absolute atomic E-state index is 13.5. The van der Waals surface area contributed by atoms with E-state index in [4.69, 9.17) is 0 Å². The Morgan fingerprint density at radius 1 is 1.04 bits per heavy atom. The first kappa shape index (κ1) is 17.4. The van der Waals surface area contributed by atoms with E-state index in [2.05, 4.69) is 4.98 Å². The largest absolute Gasteiger partial charge is 0.507 e. The van der Waals surface area contributed by atoms with Crippen molar-refractivity contribution in [2.75, 3.05) is 0 Å². The number of ketones is 1. The number of phenols is 1. The van der Waals surface area contributed by atoms with Gasteiger partial charge in [0.25, 0.3) is 0 Å². The van der Waals surface area contributed by atoms with Gasteiger partial charge in [0.1, 0.15) is 23.5 Å². The van der Waals surface area contributed by atoms with Crippen molar-refractivity contribution in [2.45, 2.75) is 0 Å². The van der Waals surface area contributed by atoms with Gasteiger partial charge in [0.15, 0.2) is 11.4 Å². The van der Waals surface area contributed by atoms with Crippen LogP contribution in [0.1, 0.15) is 21.5 Å². The number of phenolic OH excluding ortho intramolecular Hbond substituents is 1. The Bertz CT molecular complexity index is 1270. The number of imidazole rings is 1. The lowest BCUT2D eigenvalue weighted by molar-refractivity contribution is 0.103. The SMILES string of the molecule is N#Cc1cc(C(=O)c2cc(F)ccc2O)cn2cc(-c3ccc(F)cc3)nc12. The summed E-state index contributed by atoms with van der Waals surface area (Å²) in [6.45, 7) is 0. The fourth-order valence-corrected chi connectivity index (χ4v) is 2.91. The monoisotopic (exact) mass is 375 g/mol. The van der Waals surface area contributed by atoms with Gasteiger partial charge >= 0.3 is 0 Å². The molecule has 1 N–H and O–H groups in total. The summed E-state index contributed by atoms with van der Waals surface area (Å²) in [6.07, 6.45) is 3.05. The third kappa shape index (κ3) is 2.97. The van der Waals surface area contributed by atoms with Gasteiger partial charge in [-0.2, -0.15) is 5.26 Å². The number of aromatic hydroxyl groups is 1. The van der Waals surface area contributed by atoms with Gasteiger partial charge in [-0.25, -0.2) is 13.8 Å². The van der Waals surface area contributed by atoms with Gasteiger partial charge in [0, 0.05) is 23.5 Å². The van der Waals surface area contributed by atoms with Crippen LogP contribution in [0.3, 0.4) is 0 Å². The van der Waals surface area contributed by atoms with Crippen molar-refractivity contribution in [1.82, 2.24) is 9.38 Å². The summed E-state index contributed by atoms with van der Waals surface area (Å²) < 4.78 is 28.1. The molecule has 28 heavy (non-hydrogen) atoms. The second-order valence-corrected chi connectivity index (χ2v) is 6.11. The van der Waals surface area contributed by atoms with Gasteiger partial charge < -0.3 is 9.51 Å². The molecule has 2 aromatic heterocycles. The number of rotatable bonds is 3. The molecule has 0 aliphatic heterocycles. The zero-order chi connectivity index (χ0) is 19.8. The number of pyridine rings is 1. The Hall–Kier alpha value is -4.05. The second kappa shape index (κ2) is 6.59. The molecule has 4 aromatic rings. The van der Waals surface area contributed by atoms with Crippen molar-refractivity contribution >= 4 is 11.4 Å². The van der Waals surface area contributed by atoms with E-state index in [0.29, 0.717) is 16.9 Å². The van der Waals surface area contributed by atoms with Crippen molar-refractivity contribution in [3.05, 3.63) is 89.2 Å². The maximum Gasteiger partial charge on any atom is 0.198 e. The average molecular weight is 375 g/mol. The Labute approximate surface area is 157 Å². The quantitative estimate of drug-likeness (QED) is 0.547. The highest BCUT2D eigenvalue weighted by Crippen LogP contribution is 2.25. The van der Waals surface area contributed by atoms with E-state index in [1.54, 1.807) is 18.3 Å². The molecular formula is C21H11F2N3O2. The number of aromatic nitrogens is 2. The highest BCUT2D eigenvalue weighted by atomic mass is 19.1. The Morgan fingerprint density at radius 2 is 1.75 bits per heavy atom. The molecule has 0 saturated carbocycles. The molecule has 0 bridgehead atoms. The molecule has 0 unspecified atom stereocenters. The molecule has 7 heteroatoms. The van der Waals surface area contributed by atoms with Crippen LogP contribution in [0.15, 0.2) is 60.9 Å². The molecule has 4 rings (SSSR count). The lowest BCUT2D eigenvalue weighted by atomic mass is 10.0. The van der Waals surface area contributed by atoms with Crippen LogP contribution >= 0.6 is 0 Å². The molecular weight excluding hydrogens is 364 g/mol. The molecule has 0 aliphatic carbocycles. The molecule has 5 nitrogen and oxygen atoms in total. The normalized spacial score (nSPS) is 10.8. The third-order valence-electron chi connectivity index (χ3n) is 4.28. The summed E-state index contributed by atoms with van der Waals surface area (Å²) in [4.78, 5) is 17.1. The minimum absolute atomic E-state index is 0.0907. The van der Waals surface area contributed by atoms with Crippen molar-refractivity contribution in [3.63, 3.8) is 0 Å². The van der Waals surface area contributed by atoms with E-state index in [1.807, 2.05) is 6.07 Å². The van der Waals surface area contributed by atoms with E-state index >= 15 is 0 Å². The standard InChI is InChI=1S/C21H11F2N3O2/c22-15-3-1-12(2-4-15)18-11-26-10-14(7-13(9-24)21(26)25-18)20(28)17-8-16(23)5-6-19(17)27/h1-8,10-11,27H. The molecule has 0 saturated heterocycles. The van der Waals surface area contributed by atoms with Crippen LogP contribution in [0, 0.1) is 23.0 Å². The highest BCUT2D eigenvalue weighted by Gasteiger charge is 2.18. The van der Waals surface area contributed by atoms with Crippen molar-refractivity contribution in [1.29, 1.82) is 5.26 Å². The number of carbonyl (C=O) groups excluding carboxylic acids is 1. The number of fused-ring (bicyclic) bond motifs is 1. The maximum atomic E-state index is 13.5. The van der Waals surface area contributed by atoms with Crippen molar-refractivity contribution < 1.29 is 18.7 Å². The van der Waals surface area contributed by atoms with Gasteiger partial charge in [0.05, 0.1) is 16.8 Å².